The summed E-state index contributed by atoms with van der Waals surface area (Å²) in [5.41, 5.74) is 0.805. The van der Waals surface area contributed by atoms with E-state index in [0.717, 1.165) is 30.4 Å². The summed E-state index contributed by atoms with van der Waals surface area (Å²) in [7, 11) is 0. The Balaban J connectivity index is 1.80. The monoisotopic (exact) mass is 272 g/mol. The number of carbonyl (C=O) groups is 1. The number of aryl methyl sites for hydroxylation is 1. The molecule has 20 heavy (non-hydrogen) atoms. The minimum atomic E-state index is -0.961. The number of hydrogen-bond donors (Lipinski definition) is 1. The molecule has 1 aromatic carbocycles. The zero-order valence-corrected chi connectivity index (χ0v) is 11.0. The molecule has 2 aromatic rings. The van der Waals surface area contributed by atoms with Crippen molar-refractivity contribution in [1.82, 2.24) is 9.55 Å². The van der Waals surface area contributed by atoms with Crippen molar-refractivity contribution < 1.29 is 14.6 Å². The van der Waals surface area contributed by atoms with Crippen molar-refractivity contribution in [2.24, 2.45) is 0 Å². The van der Waals surface area contributed by atoms with Crippen LogP contribution in [-0.2, 0) is 11.3 Å². The number of carboxylic acids is 1. The van der Waals surface area contributed by atoms with Gasteiger partial charge in [-0.15, -0.1) is 0 Å². The lowest BCUT2D eigenvalue weighted by Crippen LogP contribution is -2.03. The predicted octanol–water partition coefficient (Wildman–Crippen LogP) is 2.45. The highest BCUT2D eigenvalue weighted by atomic mass is 16.5. The SMILES string of the molecule is O=C(O)C=Cc1cccc(OCCCn2ccnc2)c1. The van der Waals surface area contributed by atoms with Crippen LogP contribution in [0.25, 0.3) is 6.08 Å². The number of benzene rings is 1. The van der Waals surface area contributed by atoms with Gasteiger partial charge < -0.3 is 14.4 Å². The zero-order chi connectivity index (χ0) is 14.2. The van der Waals surface area contributed by atoms with Gasteiger partial charge in [-0.2, -0.15) is 0 Å². The third kappa shape index (κ3) is 4.61. The number of imidazole rings is 1. The second-order valence-corrected chi connectivity index (χ2v) is 4.25. The molecule has 1 heterocycles. The maximum Gasteiger partial charge on any atom is 0.328 e. The molecule has 1 aromatic heterocycles. The predicted molar refractivity (Wildman–Crippen MR) is 75.5 cm³/mol. The number of aliphatic carboxylic acids is 1. The molecule has 2 rings (SSSR count). The van der Waals surface area contributed by atoms with Crippen molar-refractivity contribution in [1.29, 1.82) is 0 Å². The zero-order valence-electron chi connectivity index (χ0n) is 11.0. The van der Waals surface area contributed by atoms with Gasteiger partial charge in [0.15, 0.2) is 0 Å². The number of carboxylic acid groups (broad SMARTS) is 1. The van der Waals surface area contributed by atoms with Crippen molar-refractivity contribution in [3.05, 3.63) is 54.6 Å². The lowest BCUT2D eigenvalue weighted by Gasteiger charge is -2.07. The van der Waals surface area contributed by atoms with Gasteiger partial charge in [0.25, 0.3) is 0 Å². The van der Waals surface area contributed by atoms with E-state index in [4.69, 9.17) is 9.84 Å². The van der Waals surface area contributed by atoms with Gasteiger partial charge in [0.1, 0.15) is 5.75 Å². The Morgan fingerprint density at radius 3 is 3.10 bits per heavy atom. The van der Waals surface area contributed by atoms with Crippen LogP contribution in [0.4, 0.5) is 0 Å². The summed E-state index contributed by atoms with van der Waals surface area (Å²) in [4.78, 5) is 14.4. The highest BCUT2D eigenvalue weighted by Crippen LogP contribution is 2.14. The lowest BCUT2D eigenvalue weighted by molar-refractivity contribution is -0.131. The summed E-state index contributed by atoms with van der Waals surface area (Å²) < 4.78 is 7.63. The van der Waals surface area contributed by atoms with Crippen molar-refractivity contribution in [2.75, 3.05) is 6.61 Å². The minimum Gasteiger partial charge on any atom is -0.494 e. The van der Waals surface area contributed by atoms with E-state index < -0.39 is 5.97 Å². The summed E-state index contributed by atoms with van der Waals surface area (Å²) in [6, 6.07) is 7.34. The van der Waals surface area contributed by atoms with Crippen LogP contribution < -0.4 is 4.74 Å². The summed E-state index contributed by atoms with van der Waals surface area (Å²) >= 11 is 0. The number of rotatable bonds is 7. The molecule has 0 spiro atoms. The van der Waals surface area contributed by atoms with E-state index in [1.54, 1.807) is 18.6 Å². The Labute approximate surface area is 117 Å². The molecule has 5 heteroatoms. The molecule has 0 unspecified atom stereocenters. The molecule has 0 aliphatic heterocycles. The van der Waals surface area contributed by atoms with E-state index in [0.29, 0.717) is 6.61 Å². The maximum atomic E-state index is 10.5. The van der Waals surface area contributed by atoms with Crippen molar-refractivity contribution in [3.8, 4) is 5.75 Å². The van der Waals surface area contributed by atoms with Crippen molar-refractivity contribution >= 4 is 12.0 Å². The van der Waals surface area contributed by atoms with Gasteiger partial charge in [-0.3, -0.25) is 0 Å². The average Bonchev–Trinajstić information content (AvgIpc) is 2.95. The Morgan fingerprint density at radius 2 is 2.35 bits per heavy atom. The van der Waals surface area contributed by atoms with Crippen LogP contribution in [0.2, 0.25) is 0 Å². The molecule has 0 atom stereocenters. The fourth-order valence-electron chi connectivity index (χ4n) is 1.73. The van der Waals surface area contributed by atoms with E-state index >= 15 is 0 Å². The van der Waals surface area contributed by atoms with Crippen LogP contribution in [0.15, 0.2) is 49.1 Å². The summed E-state index contributed by atoms with van der Waals surface area (Å²) in [5, 5.41) is 8.58. The first kappa shape index (κ1) is 13.9. The van der Waals surface area contributed by atoms with Crippen LogP contribution >= 0.6 is 0 Å². The van der Waals surface area contributed by atoms with Gasteiger partial charge in [-0.1, -0.05) is 12.1 Å². The molecule has 0 fully saturated rings. The topological polar surface area (TPSA) is 64.3 Å². The molecule has 0 aliphatic rings. The average molecular weight is 272 g/mol. The highest BCUT2D eigenvalue weighted by molar-refractivity contribution is 5.85. The molecular weight excluding hydrogens is 256 g/mol. The quantitative estimate of drug-likeness (QED) is 0.621. The fraction of sp³-hybridized carbons (Fsp3) is 0.200. The first-order valence-electron chi connectivity index (χ1n) is 6.33. The molecule has 0 bridgehead atoms. The molecule has 0 saturated carbocycles. The standard InChI is InChI=1S/C15H16N2O3/c18-15(19)6-5-13-3-1-4-14(11-13)20-10-2-8-17-9-7-16-12-17/h1,3-7,9,11-12H,2,8,10H2,(H,18,19). The first-order chi connectivity index (χ1) is 9.74. The Morgan fingerprint density at radius 1 is 1.45 bits per heavy atom. The molecule has 104 valence electrons. The highest BCUT2D eigenvalue weighted by Gasteiger charge is 1.96. The van der Waals surface area contributed by atoms with Crippen LogP contribution in [-0.4, -0.2) is 27.2 Å². The number of hydrogen-bond acceptors (Lipinski definition) is 3. The van der Waals surface area contributed by atoms with Gasteiger partial charge in [-0.05, 0) is 30.2 Å². The second kappa shape index (κ2) is 7.13. The largest absolute Gasteiger partial charge is 0.494 e. The Kier molecular flexibility index (Phi) is 4.94. The van der Waals surface area contributed by atoms with Gasteiger partial charge in [0.2, 0.25) is 0 Å². The number of aromatic nitrogens is 2. The summed E-state index contributed by atoms with van der Waals surface area (Å²) in [6.45, 7) is 1.46. The van der Waals surface area contributed by atoms with Gasteiger partial charge >= 0.3 is 5.97 Å². The third-order valence-electron chi connectivity index (χ3n) is 2.67. The normalized spacial score (nSPS) is 10.8. The molecule has 5 nitrogen and oxygen atoms in total. The molecule has 0 radical (unpaired) electrons. The number of nitrogens with zero attached hydrogens (tertiary/aromatic N) is 2. The van der Waals surface area contributed by atoms with E-state index in [1.165, 1.54) is 0 Å². The van der Waals surface area contributed by atoms with Crippen molar-refractivity contribution in [2.45, 2.75) is 13.0 Å². The third-order valence-corrected chi connectivity index (χ3v) is 2.67. The van der Waals surface area contributed by atoms with Crippen LogP contribution in [0.5, 0.6) is 5.75 Å². The Hall–Kier alpha value is -2.56. The number of ether oxygens (including phenoxy) is 1. The fourth-order valence-corrected chi connectivity index (χ4v) is 1.73. The van der Waals surface area contributed by atoms with Crippen LogP contribution in [0, 0.1) is 0 Å². The van der Waals surface area contributed by atoms with Gasteiger partial charge in [0, 0.05) is 25.0 Å². The van der Waals surface area contributed by atoms with Crippen LogP contribution in [0.3, 0.4) is 0 Å². The maximum absolute atomic E-state index is 10.5. The Bertz CT molecular complexity index is 577. The van der Waals surface area contributed by atoms with Gasteiger partial charge in [-0.25, -0.2) is 9.78 Å². The van der Waals surface area contributed by atoms with E-state index in [1.807, 2.05) is 35.0 Å². The summed E-state index contributed by atoms with van der Waals surface area (Å²) in [5.74, 6) is -0.222. The molecule has 0 amide bonds. The van der Waals surface area contributed by atoms with Crippen LogP contribution in [0.1, 0.15) is 12.0 Å². The van der Waals surface area contributed by atoms with E-state index in [9.17, 15) is 4.79 Å². The molecule has 0 aliphatic carbocycles. The first-order valence-corrected chi connectivity index (χ1v) is 6.33. The van der Waals surface area contributed by atoms with E-state index in [2.05, 4.69) is 4.98 Å². The molecule has 0 saturated heterocycles. The van der Waals surface area contributed by atoms with Crippen molar-refractivity contribution in [3.63, 3.8) is 0 Å². The minimum absolute atomic E-state index is 0.601. The second-order valence-electron chi connectivity index (χ2n) is 4.25. The smallest absolute Gasteiger partial charge is 0.328 e. The summed E-state index contributed by atoms with van der Waals surface area (Å²) in [6.07, 6.45) is 8.97. The lowest BCUT2D eigenvalue weighted by atomic mass is 10.2. The molecule has 1 N–H and O–H groups in total. The van der Waals surface area contributed by atoms with E-state index in [-0.39, 0.29) is 0 Å². The molecular formula is C15H16N2O3. The van der Waals surface area contributed by atoms with Gasteiger partial charge in [0.05, 0.1) is 12.9 Å².